The Balaban J connectivity index is 3.03. The summed E-state index contributed by atoms with van der Waals surface area (Å²) in [6, 6.07) is 0. The van der Waals surface area contributed by atoms with Crippen LogP contribution in [0.3, 0.4) is 0 Å². The standard InChI is InChI=1S/C11H22O/c1-3-4-5-6-7-8-11(2)9-10-12/h12H,2-10H2,1H3. The lowest BCUT2D eigenvalue weighted by Crippen LogP contribution is -1.87. The third kappa shape index (κ3) is 7.80. The lowest BCUT2D eigenvalue weighted by Gasteiger charge is -2.02. The van der Waals surface area contributed by atoms with Crippen LogP contribution in [-0.2, 0) is 0 Å². The van der Waals surface area contributed by atoms with Crippen molar-refractivity contribution in [3.05, 3.63) is 12.2 Å². The first-order valence-electron chi connectivity index (χ1n) is 5.08. The molecule has 0 atom stereocenters. The molecule has 0 aliphatic heterocycles. The highest BCUT2D eigenvalue weighted by Gasteiger charge is 1.93. The third-order valence-electron chi connectivity index (χ3n) is 2.10. The van der Waals surface area contributed by atoms with Crippen LogP contribution in [0.1, 0.15) is 51.9 Å². The molecule has 0 saturated heterocycles. The molecule has 12 heavy (non-hydrogen) atoms. The van der Waals surface area contributed by atoms with E-state index in [-0.39, 0.29) is 6.61 Å². The fraction of sp³-hybridized carbons (Fsp3) is 0.818. The number of unbranched alkanes of at least 4 members (excludes halogenated alkanes) is 4. The molecule has 0 rings (SSSR count). The number of aliphatic hydroxyl groups excluding tert-OH is 1. The molecule has 0 fully saturated rings. The van der Waals surface area contributed by atoms with Crippen molar-refractivity contribution in [2.24, 2.45) is 0 Å². The monoisotopic (exact) mass is 170 g/mol. The zero-order valence-electron chi connectivity index (χ0n) is 8.31. The predicted octanol–water partition coefficient (Wildman–Crippen LogP) is 3.29. The molecule has 1 N–H and O–H groups in total. The van der Waals surface area contributed by atoms with E-state index in [1.807, 2.05) is 0 Å². The first-order valence-corrected chi connectivity index (χ1v) is 5.08. The van der Waals surface area contributed by atoms with Gasteiger partial charge in [-0.15, -0.1) is 0 Å². The summed E-state index contributed by atoms with van der Waals surface area (Å²) in [7, 11) is 0. The summed E-state index contributed by atoms with van der Waals surface area (Å²) in [5.74, 6) is 0. The molecule has 0 aromatic carbocycles. The van der Waals surface area contributed by atoms with Gasteiger partial charge in [-0.1, -0.05) is 44.8 Å². The number of hydrogen-bond acceptors (Lipinski definition) is 1. The van der Waals surface area contributed by atoms with E-state index in [1.54, 1.807) is 0 Å². The van der Waals surface area contributed by atoms with Crippen LogP contribution in [0.15, 0.2) is 12.2 Å². The van der Waals surface area contributed by atoms with Crippen LogP contribution in [0.5, 0.6) is 0 Å². The molecule has 0 aliphatic carbocycles. The summed E-state index contributed by atoms with van der Waals surface area (Å²) in [6.45, 7) is 6.39. The molecule has 0 bridgehead atoms. The molecule has 0 aliphatic rings. The number of aliphatic hydroxyl groups is 1. The van der Waals surface area contributed by atoms with Crippen LogP contribution >= 0.6 is 0 Å². The van der Waals surface area contributed by atoms with Gasteiger partial charge in [-0.2, -0.15) is 0 Å². The zero-order valence-corrected chi connectivity index (χ0v) is 8.31. The molecule has 0 saturated carbocycles. The lowest BCUT2D eigenvalue weighted by atomic mass is 10.1. The van der Waals surface area contributed by atoms with Crippen molar-refractivity contribution in [1.29, 1.82) is 0 Å². The van der Waals surface area contributed by atoms with Gasteiger partial charge in [0.15, 0.2) is 0 Å². The summed E-state index contributed by atoms with van der Waals surface area (Å²) in [6.07, 6.45) is 8.46. The van der Waals surface area contributed by atoms with Gasteiger partial charge >= 0.3 is 0 Å². The summed E-state index contributed by atoms with van der Waals surface area (Å²) >= 11 is 0. The van der Waals surface area contributed by atoms with Crippen LogP contribution in [0.4, 0.5) is 0 Å². The fourth-order valence-corrected chi connectivity index (χ4v) is 1.26. The molecule has 1 nitrogen and oxygen atoms in total. The Labute approximate surface area is 76.5 Å². The normalized spacial score (nSPS) is 10.2. The van der Waals surface area contributed by atoms with Gasteiger partial charge < -0.3 is 5.11 Å². The summed E-state index contributed by atoms with van der Waals surface area (Å²) in [5, 5.41) is 8.62. The van der Waals surface area contributed by atoms with E-state index in [9.17, 15) is 0 Å². The summed E-state index contributed by atoms with van der Waals surface area (Å²) in [4.78, 5) is 0. The van der Waals surface area contributed by atoms with E-state index in [0.29, 0.717) is 0 Å². The van der Waals surface area contributed by atoms with Gasteiger partial charge in [-0.3, -0.25) is 0 Å². The second kappa shape index (κ2) is 8.79. The quantitative estimate of drug-likeness (QED) is 0.438. The lowest BCUT2D eigenvalue weighted by molar-refractivity contribution is 0.297. The van der Waals surface area contributed by atoms with E-state index in [0.717, 1.165) is 12.8 Å². The molecule has 0 heterocycles. The average Bonchev–Trinajstić information content (AvgIpc) is 2.05. The molecule has 0 amide bonds. The van der Waals surface area contributed by atoms with E-state index in [4.69, 9.17) is 5.11 Å². The SMILES string of the molecule is C=C(CCO)CCCCCCC. The topological polar surface area (TPSA) is 20.2 Å². The van der Waals surface area contributed by atoms with E-state index in [1.165, 1.54) is 37.7 Å². The molecular weight excluding hydrogens is 148 g/mol. The van der Waals surface area contributed by atoms with Gasteiger partial charge in [-0.05, 0) is 19.3 Å². The minimum absolute atomic E-state index is 0.258. The highest BCUT2D eigenvalue weighted by molar-refractivity contribution is 4.93. The average molecular weight is 170 g/mol. The van der Waals surface area contributed by atoms with E-state index in [2.05, 4.69) is 13.5 Å². The molecule has 0 unspecified atom stereocenters. The Morgan fingerprint density at radius 1 is 1.08 bits per heavy atom. The van der Waals surface area contributed by atoms with Crippen LogP contribution in [0, 0.1) is 0 Å². The molecule has 1 heteroatoms. The van der Waals surface area contributed by atoms with Crippen molar-refractivity contribution in [1.82, 2.24) is 0 Å². The van der Waals surface area contributed by atoms with Crippen LogP contribution < -0.4 is 0 Å². The highest BCUT2D eigenvalue weighted by atomic mass is 16.2. The van der Waals surface area contributed by atoms with Crippen molar-refractivity contribution < 1.29 is 5.11 Å². The Bertz CT molecular complexity index is 108. The maximum absolute atomic E-state index is 8.62. The van der Waals surface area contributed by atoms with Crippen molar-refractivity contribution in [2.75, 3.05) is 6.61 Å². The van der Waals surface area contributed by atoms with Crippen LogP contribution in [0.2, 0.25) is 0 Å². The van der Waals surface area contributed by atoms with Gasteiger partial charge in [-0.25, -0.2) is 0 Å². The Morgan fingerprint density at radius 3 is 2.33 bits per heavy atom. The van der Waals surface area contributed by atoms with Gasteiger partial charge in [0.1, 0.15) is 0 Å². The van der Waals surface area contributed by atoms with E-state index < -0.39 is 0 Å². The molecule has 0 spiro atoms. The van der Waals surface area contributed by atoms with Gasteiger partial charge in [0.05, 0.1) is 0 Å². The first-order chi connectivity index (χ1) is 5.81. The number of hydrogen-bond donors (Lipinski definition) is 1. The Hall–Kier alpha value is -0.300. The van der Waals surface area contributed by atoms with Crippen molar-refractivity contribution in [3.63, 3.8) is 0 Å². The molecule has 0 aromatic heterocycles. The Kier molecular flexibility index (Phi) is 8.57. The minimum Gasteiger partial charge on any atom is -0.396 e. The summed E-state index contributed by atoms with van der Waals surface area (Å²) < 4.78 is 0. The second-order valence-electron chi connectivity index (χ2n) is 3.39. The zero-order chi connectivity index (χ0) is 9.23. The third-order valence-corrected chi connectivity index (χ3v) is 2.10. The molecular formula is C11H22O. The fourth-order valence-electron chi connectivity index (χ4n) is 1.26. The first kappa shape index (κ1) is 11.7. The van der Waals surface area contributed by atoms with Crippen molar-refractivity contribution in [3.8, 4) is 0 Å². The Morgan fingerprint density at radius 2 is 1.75 bits per heavy atom. The highest BCUT2D eigenvalue weighted by Crippen LogP contribution is 2.11. The predicted molar refractivity (Wildman–Crippen MR) is 54.2 cm³/mol. The smallest absolute Gasteiger partial charge is 0.0468 e. The molecule has 0 radical (unpaired) electrons. The van der Waals surface area contributed by atoms with Crippen molar-refractivity contribution >= 4 is 0 Å². The summed E-state index contributed by atoms with van der Waals surface area (Å²) in [5.41, 5.74) is 1.20. The number of rotatable bonds is 8. The van der Waals surface area contributed by atoms with Gasteiger partial charge in [0.2, 0.25) is 0 Å². The van der Waals surface area contributed by atoms with Gasteiger partial charge in [0.25, 0.3) is 0 Å². The van der Waals surface area contributed by atoms with Crippen molar-refractivity contribution in [2.45, 2.75) is 51.9 Å². The minimum atomic E-state index is 0.258. The largest absolute Gasteiger partial charge is 0.396 e. The maximum Gasteiger partial charge on any atom is 0.0468 e. The van der Waals surface area contributed by atoms with Crippen LogP contribution in [-0.4, -0.2) is 11.7 Å². The van der Waals surface area contributed by atoms with Crippen LogP contribution in [0.25, 0.3) is 0 Å². The van der Waals surface area contributed by atoms with E-state index >= 15 is 0 Å². The molecule has 72 valence electrons. The molecule has 0 aromatic rings. The van der Waals surface area contributed by atoms with Gasteiger partial charge in [0, 0.05) is 6.61 Å². The second-order valence-corrected chi connectivity index (χ2v) is 3.39. The maximum atomic E-state index is 8.62.